The van der Waals surface area contributed by atoms with Crippen molar-refractivity contribution in [3.05, 3.63) is 16.4 Å². The highest BCUT2D eigenvalue weighted by Crippen LogP contribution is 2.32. The summed E-state index contributed by atoms with van der Waals surface area (Å²) in [5.74, 6) is -1.53. The van der Waals surface area contributed by atoms with Crippen LogP contribution in [0.5, 0.6) is 0 Å². The van der Waals surface area contributed by atoms with E-state index in [0.717, 1.165) is 0 Å². The van der Waals surface area contributed by atoms with E-state index in [1.165, 1.54) is 11.7 Å². The molecule has 0 spiro atoms. The molecule has 0 aromatic carbocycles. The Hall–Kier alpha value is -1.10. The quantitative estimate of drug-likeness (QED) is 0.873. The fourth-order valence-corrected chi connectivity index (χ4v) is 1.77. The highest BCUT2D eigenvalue weighted by Gasteiger charge is 2.28. The first-order valence-electron chi connectivity index (χ1n) is 4.45. The standard InChI is InChI=1S/C9H12ClFN2O2/c1-4(2)7-5(10)8(13(3)12-7)6(11)9(14)15/h4,6H,1-3H3,(H,14,15). The largest absolute Gasteiger partial charge is 0.479 e. The van der Waals surface area contributed by atoms with Gasteiger partial charge in [0.15, 0.2) is 0 Å². The smallest absolute Gasteiger partial charge is 0.344 e. The lowest BCUT2D eigenvalue weighted by Gasteiger charge is -2.03. The van der Waals surface area contributed by atoms with Gasteiger partial charge in [-0.15, -0.1) is 0 Å². The lowest BCUT2D eigenvalue weighted by atomic mass is 10.1. The Balaban J connectivity index is 3.25. The molecule has 1 atom stereocenters. The number of hydrogen-bond acceptors (Lipinski definition) is 2. The molecule has 1 heterocycles. The molecule has 0 saturated carbocycles. The molecule has 1 unspecified atom stereocenters. The molecule has 6 heteroatoms. The average molecular weight is 235 g/mol. The predicted octanol–water partition coefficient (Wildman–Crippen LogP) is 2.29. The fraction of sp³-hybridized carbons (Fsp3) is 0.556. The van der Waals surface area contributed by atoms with Gasteiger partial charge in [0, 0.05) is 7.05 Å². The van der Waals surface area contributed by atoms with E-state index in [0.29, 0.717) is 5.69 Å². The van der Waals surface area contributed by atoms with Crippen LogP contribution in [0.1, 0.15) is 37.3 Å². The third kappa shape index (κ3) is 2.12. The van der Waals surface area contributed by atoms with Gasteiger partial charge >= 0.3 is 5.97 Å². The number of aromatic nitrogens is 2. The van der Waals surface area contributed by atoms with Crippen molar-refractivity contribution in [2.45, 2.75) is 25.9 Å². The first-order valence-corrected chi connectivity index (χ1v) is 4.83. The maximum Gasteiger partial charge on any atom is 0.344 e. The van der Waals surface area contributed by atoms with Crippen LogP contribution in [-0.4, -0.2) is 20.9 Å². The molecule has 1 aromatic rings. The van der Waals surface area contributed by atoms with E-state index in [4.69, 9.17) is 16.7 Å². The van der Waals surface area contributed by atoms with Gasteiger partial charge in [0.1, 0.15) is 5.69 Å². The van der Waals surface area contributed by atoms with Gasteiger partial charge in [0.2, 0.25) is 6.17 Å². The second-order valence-electron chi connectivity index (χ2n) is 3.56. The molecule has 0 aliphatic heterocycles. The summed E-state index contributed by atoms with van der Waals surface area (Å²) in [5.41, 5.74) is 0.408. The zero-order valence-corrected chi connectivity index (χ0v) is 9.42. The van der Waals surface area contributed by atoms with Gasteiger partial charge in [0.05, 0.1) is 10.7 Å². The van der Waals surface area contributed by atoms with E-state index >= 15 is 0 Å². The number of nitrogens with zero attached hydrogens (tertiary/aromatic N) is 2. The zero-order valence-electron chi connectivity index (χ0n) is 8.66. The van der Waals surface area contributed by atoms with Gasteiger partial charge < -0.3 is 5.11 Å². The number of carboxylic acid groups (broad SMARTS) is 1. The minimum absolute atomic E-state index is 0.0263. The third-order valence-electron chi connectivity index (χ3n) is 2.06. The third-order valence-corrected chi connectivity index (χ3v) is 2.45. The van der Waals surface area contributed by atoms with Gasteiger partial charge in [-0.1, -0.05) is 25.4 Å². The monoisotopic (exact) mass is 234 g/mol. The number of halogens is 2. The maximum absolute atomic E-state index is 13.3. The Morgan fingerprint density at radius 3 is 2.47 bits per heavy atom. The highest BCUT2D eigenvalue weighted by atomic mass is 35.5. The van der Waals surface area contributed by atoms with Crippen LogP contribution < -0.4 is 0 Å². The van der Waals surface area contributed by atoms with E-state index in [1.807, 2.05) is 13.8 Å². The van der Waals surface area contributed by atoms with Crippen LogP contribution in [0.4, 0.5) is 4.39 Å². The van der Waals surface area contributed by atoms with Crippen molar-refractivity contribution in [1.82, 2.24) is 9.78 Å². The lowest BCUT2D eigenvalue weighted by molar-refractivity contribution is -0.143. The minimum Gasteiger partial charge on any atom is -0.479 e. The molecule has 0 bridgehead atoms. The van der Waals surface area contributed by atoms with Crippen molar-refractivity contribution >= 4 is 17.6 Å². The van der Waals surface area contributed by atoms with Crippen LogP contribution in [-0.2, 0) is 11.8 Å². The van der Waals surface area contributed by atoms with Crippen molar-refractivity contribution in [2.75, 3.05) is 0 Å². The molecule has 1 N–H and O–H groups in total. The number of aliphatic carboxylic acids is 1. The van der Waals surface area contributed by atoms with E-state index in [2.05, 4.69) is 5.10 Å². The maximum atomic E-state index is 13.3. The molecule has 84 valence electrons. The molecule has 0 amide bonds. The molecule has 15 heavy (non-hydrogen) atoms. The number of alkyl halides is 1. The summed E-state index contributed by atoms with van der Waals surface area (Å²) in [4.78, 5) is 10.5. The number of hydrogen-bond donors (Lipinski definition) is 1. The molecule has 0 radical (unpaired) electrons. The summed E-state index contributed by atoms with van der Waals surface area (Å²) in [6.45, 7) is 3.71. The Morgan fingerprint density at radius 2 is 2.13 bits per heavy atom. The zero-order chi connectivity index (χ0) is 11.7. The normalized spacial score (nSPS) is 13.2. The number of carboxylic acids is 1. The first kappa shape index (κ1) is 12.0. The van der Waals surface area contributed by atoms with Crippen LogP contribution in [0.2, 0.25) is 5.02 Å². The van der Waals surface area contributed by atoms with Crippen molar-refractivity contribution in [2.24, 2.45) is 7.05 Å². The summed E-state index contributed by atoms with van der Waals surface area (Å²) in [6.07, 6.45) is -2.14. The van der Waals surface area contributed by atoms with Gasteiger partial charge in [-0.2, -0.15) is 5.10 Å². The summed E-state index contributed by atoms with van der Waals surface area (Å²) < 4.78 is 14.5. The van der Waals surface area contributed by atoms with Crippen LogP contribution >= 0.6 is 11.6 Å². The van der Waals surface area contributed by atoms with Crippen molar-refractivity contribution in [3.63, 3.8) is 0 Å². The predicted molar refractivity (Wildman–Crippen MR) is 53.8 cm³/mol. The Labute approximate surface area is 91.7 Å². The van der Waals surface area contributed by atoms with Gasteiger partial charge in [-0.05, 0) is 5.92 Å². The van der Waals surface area contributed by atoms with E-state index in [9.17, 15) is 9.18 Å². The van der Waals surface area contributed by atoms with Crippen LogP contribution in [0.3, 0.4) is 0 Å². The molecular formula is C9H12ClFN2O2. The SMILES string of the molecule is CC(C)c1nn(C)c(C(F)C(=O)O)c1Cl. The Kier molecular flexibility index (Phi) is 3.34. The van der Waals surface area contributed by atoms with Crippen molar-refractivity contribution in [1.29, 1.82) is 0 Å². The number of rotatable bonds is 3. The minimum atomic E-state index is -2.14. The van der Waals surface area contributed by atoms with Gasteiger partial charge in [-0.25, -0.2) is 9.18 Å². The summed E-state index contributed by atoms with van der Waals surface area (Å²) in [7, 11) is 1.47. The average Bonchev–Trinajstić information content (AvgIpc) is 2.41. The number of aryl methyl sites for hydroxylation is 1. The topological polar surface area (TPSA) is 55.1 Å². The fourth-order valence-electron chi connectivity index (χ4n) is 1.29. The molecule has 1 aromatic heterocycles. The molecule has 1 rings (SSSR count). The van der Waals surface area contributed by atoms with E-state index in [-0.39, 0.29) is 16.6 Å². The first-order chi connectivity index (χ1) is 6.86. The molecule has 0 fully saturated rings. The molecule has 4 nitrogen and oxygen atoms in total. The summed E-state index contributed by atoms with van der Waals surface area (Å²) in [6, 6.07) is 0. The number of carbonyl (C=O) groups is 1. The second-order valence-corrected chi connectivity index (χ2v) is 3.94. The molecule has 0 aliphatic carbocycles. The summed E-state index contributed by atoms with van der Waals surface area (Å²) in [5, 5.41) is 12.7. The highest BCUT2D eigenvalue weighted by molar-refractivity contribution is 6.32. The summed E-state index contributed by atoms with van der Waals surface area (Å²) >= 11 is 5.88. The van der Waals surface area contributed by atoms with Crippen LogP contribution in [0, 0.1) is 0 Å². The molecular weight excluding hydrogens is 223 g/mol. The molecule has 0 saturated heterocycles. The Morgan fingerprint density at radius 1 is 1.60 bits per heavy atom. The van der Waals surface area contributed by atoms with E-state index in [1.54, 1.807) is 0 Å². The lowest BCUT2D eigenvalue weighted by Crippen LogP contribution is -2.11. The second kappa shape index (κ2) is 4.18. The Bertz CT molecular complexity index is 390. The van der Waals surface area contributed by atoms with Crippen LogP contribution in [0.25, 0.3) is 0 Å². The van der Waals surface area contributed by atoms with Crippen LogP contribution in [0.15, 0.2) is 0 Å². The van der Waals surface area contributed by atoms with Gasteiger partial charge in [-0.3, -0.25) is 4.68 Å². The van der Waals surface area contributed by atoms with Gasteiger partial charge in [0.25, 0.3) is 0 Å². The molecule has 0 aliphatic rings. The van der Waals surface area contributed by atoms with E-state index < -0.39 is 12.1 Å². The van der Waals surface area contributed by atoms with Crippen molar-refractivity contribution in [3.8, 4) is 0 Å². The van der Waals surface area contributed by atoms with Crippen molar-refractivity contribution < 1.29 is 14.3 Å².